The van der Waals surface area contributed by atoms with Crippen LogP contribution in [0.25, 0.3) is 0 Å². The number of carbonyl (C=O) groups excluding carboxylic acids is 1. The van der Waals surface area contributed by atoms with E-state index in [2.05, 4.69) is 5.32 Å². The highest BCUT2D eigenvalue weighted by molar-refractivity contribution is 5.95. The lowest BCUT2D eigenvalue weighted by molar-refractivity contribution is -0.383. The Morgan fingerprint density at radius 2 is 2.11 bits per heavy atom. The first-order valence-corrected chi connectivity index (χ1v) is 6.40. The molecular weight excluding hydrogens is 246 g/mol. The molecule has 1 aromatic rings. The molecule has 0 atom stereocenters. The van der Waals surface area contributed by atoms with E-state index in [1.807, 2.05) is 0 Å². The Hall–Kier alpha value is -2.11. The van der Waals surface area contributed by atoms with E-state index >= 15 is 0 Å². The number of nitrogens with zero attached hydrogens (tertiary/aromatic N) is 1. The van der Waals surface area contributed by atoms with Gasteiger partial charge in [-0.2, -0.15) is 0 Å². The molecule has 0 aromatic heterocycles. The van der Waals surface area contributed by atoms with Gasteiger partial charge in [0.25, 0.3) is 11.6 Å². The first-order chi connectivity index (χ1) is 9.08. The second-order valence-electron chi connectivity index (χ2n) is 4.89. The van der Waals surface area contributed by atoms with Crippen molar-refractivity contribution in [3.05, 3.63) is 33.9 Å². The highest BCUT2D eigenvalue weighted by Crippen LogP contribution is 2.24. The van der Waals surface area contributed by atoms with Crippen LogP contribution in [-0.2, 0) is 0 Å². The number of nitro benzene ring substituents is 1. The van der Waals surface area contributed by atoms with E-state index in [-0.39, 0.29) is 22.8 Å². The molecule has 1 amide bonds. The summed E-state index contributed by atoms with van der Waals surface area (Å²) < 4.78 is 0. The number of nitrogens with two attached hydrogens (primary N) is 1. The third kappa shape index (κ3) is 3.21. The molecule has 1 saturated carbocycles. The molecule has 1 fully saturated rings. The number of nitrogen functional groups attached to an aromatic ring is 1. The summed E-state index contributed by atoms with van der Waals surface area (Å²) in [5.41, 5.74) is 5.61. The minimum Gasteiger partial charge on any atom is -0.393 e. The van der Waals surface area contributed by atoms with Crippen molar-refractivity contribution < 1.29 is 9.72 Å². The van der Waals surface area contributed by atoms with Crippen molar-refractivity contribution in [3.8, 4) is 0 Å². The summed E-state index contributed by atoms with van der Waals surface area (Å²) in [6.45, 7) is 0.636. The van der Waals surface area contributed by atoms with Gasteiger partial charge in [-0.3, -0.25) is 14.9 Å². The zero-order chi connectivity index (χ0) is 13.8. The van der Waals surface area contributed by atoms with Crippen LogP contribution in [-0.4, -0.2) is 17.4 Å². The van der Waals surface area contributed by atoms with Crippen LogP contribution in [0.2, 0.25) is 0 Å². The van der Waals surface area contributed by atoms with Gasteiger partial charge in [0, 0.05) is 18.2 Å². The molecule has 1 aromatic carbocycles. The van der Waals surface area contributed by atoms with Gasteiger partial charge in [-0.05, 0) is 30.9 Å². The van der Waals surface area contributed by atoms with Crippen LogP contribution >= 0.6 is 0 Å². The van der Waals surface area contributed by atoms with Crippen molar-refractivity contribution in [2.45, 2.75) is 25.7 Å². The number of rotatable bonds is 4. The highest BCUT2D eigenvalue weighted by atomic mass is 16.6. The number of anilines is 1. The van der Waals surface area contributed by atoms with Crippen LogP contribution in [0.1, 0.15) is 36.0 Å². The predicted molar refractivity (Wildman–Crippen MR) is 71.8 cm³/mol. The molecule has 1 aliphatic carbocycles. The summed E-state index contributed by atoms with van der Waals surface area (Å²) in [6.07, 6.45) is 4.71. The molecule has 0 spiro atoms. The van der Waals surface area contributed by atoms with Gasteiger partial charge in [0.05, 0.1) is 4.92 Å². The molecule has 0 radical (unpaired) electrons. The number of amides is 1. The van der Waals surface area contributed by atoms with Gasteiger partial charge in [0.1, 0.15) is 5.69 Å². The number of benzene rings is 1. The minimum atomic E-state index is -0.580. The van der Waals surface area contributed by atoms with Crippen molar-refractivity contribution in [1.29, 1.82) is 0 Å². The fourth-order valence-corrected chi connectivity index (χ4v) is 2.40. The van der Waals surface area contributed by atoms with Gasteiger partial charge in [0.15, 0.2) is 0 Å². The fraction of sp³-hybridized carbons (Fsp3) is 0.462. The average Bonchev–Trinajstić information content (AvgIpc) is 2.89. The first-order valence-electron chi connectivity index (χ1n) is 6.40. The van der Waals surface area contributed by atoms with Crippen molar-refractivity contribution >= 4 is 17.3 Å². The third-order valence-electron chi connectivity index (χ3n) is 3.52. The molecule has 0 bridgehead atoms. The molecule has 0 heterocycles. The van der Waals surface area contributed by atoms with Crippen LogP contribution < -0.4 is 11.1 Å². The quantitative estimate of drug-likeness (QED) is 0.493. The normalized spacial score (nSPS) is 15.4. The molecule has 19 heavy (non-hydrogen) atoms. The molecule has 0 aliphatic heterocycles. The standard InChI is InChI=1S/C13H17N3O3/c14-11-6-5-10(7-12(11)16(18)19)13(17)15-8-9-3-1-2-4-9/h5-7,9H,1-4,8,14H2,(H,15,17). The Morgan fingerprint density at radius 3 is 2.74 bits per heavy atom. The van der Waals surface area contributed by atoms with Crippen LogP contribution in [0.3, 0.4) is 0 Å². The largest absolute Gasteiger partial charge is 0.393 e. The predicted octanol–water partition coefficient (Wildman–Crippen LogP) is 2.10. The van der Waals surface area contributed by atoms with Crippen molar-refractivity contribution in [1.82, 2.24) is 5.32 Å². The monoisotopic (exact) mass is 263 g/mol. The zero-order valence-corrected chi connectivity index (χ0v) is 10.6. The Kier molecular flexibility index (Phi) is 3.99. The highest BCUT2D eigenvalue weighted by Gasteiger charge is 2.18. The fourth-order valence-electron chi connectivity index (χ4n) is 2.40. The maximum Gasteiger partial charge on any atom is 0.292 e. The number of hydrogen-bond donors (Lipinski definition) is 2. The maximum atomic E-state index is 11.9. The van der Waals surface area contributed by atoms with Gasteiger partial charge < -0.3 is 11.1 Å². The van der Waals surface area contributed by atoms with E-state index in [1.54, 1.807) is 0 Å². The van der Waals surface area contributed by atoms with E-state index in [1.165, 1.54) is 31.0 Å². The summed E-state index contributed by atoms with van der Waals surface area (Å²) in [5, 5.41) is 13.6. The SMILES string of the molecule is Nc1ccc(C(=O)NCC2CCCC2)cc1[N+](=O)[O-]. The van der Waals surface area contributed by atoms with Crippen LogP contribution in [0.15, 0.2) is 18.2 Å². The number of nitrogens with one attached hydrogen (secondary N) is 1. The molecule has 6 nitrogen and oxygen atoms in total. The van der Waals surface area contributed by atoms with Crippen LogP contribution in [0, 0.1) is 16.0 Å². The minimum absolute atomic E-state index is 0.0670. The summed E-state index contributed by atoms with van der Waals surface area (Å²) in [6, 6.07) is 4.12. The van der Waals surface area contributed by atoms with E-state index in [4.69, 9.17) is 5.73 Å². The Morgan fingerprint density at radius 1 is 1.42 bits per heavy atom. The van der Waals surface area contributed by atoms with Crippen LogP contribution in [0.4, 0.5) is 11.4 Å². The van der Waals surface area contributed by atoms with Gasteiger partial charge >= 0.3 is 0 Å². The van der Waals surface area contributed by atoms with Gasteiger partial charge in [0.2, 0.25) is 0 Å². The number of carbonyl (C=O) groups is 1. The zero-order valence-electron chi connectivity index (χ0n) is 10.6. The molecule has 102 valence electrons. The second-order valence-corrected chi connectivity index (χ2v) is 4.89. The Labute approximate surface area is 111 Å². The van der Waals surface area contributed by atoms with E-state index in [0.717, 1.165) is 12.8 Å². The smallest absolute Gasteiger partial charge is 0.292 e. The molecular formula is C13H17N3O3. The summed E-state index contributed by atoms with van der Waals surface area (Å²) >= 11 is 0. The molecule has 3 N–H and O–H groups in total. The topological polar surface area (TPSA) is 98.3 Å². The lowest BCUT2D eigenvalue weighted by Crippen LogP contribution is -2.28. The third-order valence-corrected chi connectivity index (χ3v) is 3.52. The van der Waals surface area contributed by atoms with Crippen molar-refractivity contribution in [2.24, 2.45) is 5.92 Å². The number of hydrogen-bond acceptors (Lipinski definition) is 4. The summed E-state index contributed by atoms with van der Waals surface area (Å²) in [4.78, 5) is 22.1. The van der Waals surface area contributed by atoms with Crippen molar-refractivity contribution in [2.75, 3.05) is 12.3 Å². The Bertz CT molecular complexity index is 496. The lowest BCUT2D eigenvalue weighted by atomic mass is 10.1. The molecule has 2 rings (SSSR count). The second kappa shape index (κ2) is 5.69. The van der Waals surface area contributed by atoms with Crippen LogP contribution in [0.5, 0.6) is 0 Å². The van der Waals surface area contributed by atoms with Gasteiger partial charge in [-0.1, -0.05) is 12.8 Å². The van der Waals surface area contributed by atoms with E-state index in [0.29, 0.717) is 12.5 Å². The first kappa shape index (κ1) is 13.3. The average molecular weight is 263 g/mol. The van der Waals surface area contributed by atoms with E-state index < -0.39 is 4.92 Å². The number of nitro groups is 1. The van der Waals surface area contributed by atoms with Gasteiger partial charge in [-0.25, -0.2) is 0 Å². The summed E-state index contributed by atoms with van der Waals surface area (Å²) in [7, 11) is 0. The van der Waals surface area contributed by atoms with E-state index in [9.17, 15) is 14.9 Å². The van der Waals surface area contributed by atoms with Gasteiger partial charge in [-0.15, -0.1) is 0 Å². The lowest BCUT2D eigenvalue weighted by Gasteiger charge is -2.10. The molecule has 1 aliphatic rings. The molecule has 0 saturated heterocycles. The maximum absolute atomic E-state index is 11.9. The Balaban J connectivity index is 2.02. The summed E-state index contributed by atoms with van der Waals surface area (Å²) in [5.74, 6) is 0.253. The molecule has 0 unspecified atom stereocenters. The molecule has 6 heteroatoms. The van der Waals surface area contributed by atoms with Crippen molar-refractivity contribution in [3.63, 3.8) is 0 Å².